The number of para-hydroxylation sites is 1. The minimum atomic E-state index is -0.589. The number of ketones is 1. The normalized spacial score (nSPS) is 13.7. The van der Waals surface area contributed by atoms with E-state index in [9.17, 15) is 9.59 Å². The van der Waals surface area contributed by atoms with Crippen molar-refractivity contribution in [1.82, 2.24) is 10.2 Å². The molecule has 7 nitrogen and oxygen atoms in total. The molecule has 1 aliphatic rings. The fourth-order valence-electron chi connectivity index (χ4n) is 3.43. The highest BCUT2D eigenvalue weighted by Gasteiger charge is 2.37. The number of hydrogen-bond donors (Lipinski definition) is 0. The van der Waals surface area contributed by atoms with Crippen LogP contribution in [0, 0.1) is 6.92 Å². The molecule has 0 aliphatic carbocycles. The van der Waals surface area contributed by atoms with Crippen molar-refractivity contribution >= 4 is 17.4 Å². The molecule has 0 spiro atoms. The Morgan fingerprint density at radius 2 is 1.70 bits per heavy atom. The lowest BCUT2D eigenvalue weighted by atomic mass is 9.87. The topological polar surface area (TPSA) is 85.5 Å². The molecular weight excluding hydrogens is 382 g/mol. The lowest BCUT2D eigenvalue weighted by molar-refractivity contribution is -0.114. The van der Waals surface area contributed by atoms with E-state index in [0.29, 0.717) is 22.9 Å². The molecule has 0 bridgehead atoms. The van der Waals surface area contributed by atoms with Gasteiger partial charge in [0.1, 0.15) is 12.3 Å². The number of anilines is 1. The first-order valence-electron chi connectivity index (χ1n) is 9.74. The fraction of sp³-hybridized carbons (Fsp3) is 0.304. The zero-order chi connectivity index (χ0) is 21.5. The van der Waals surface area contributed by atoms with E-state index in [0.717, 1.165) is 5.56 Å². The highest BCUT2D eigenvalue weighted by Crippen LogP contribution is 2.33. The van der Waals surface area contributed by atoms with Gasteiger partial charge in [-0.25, -0.2) is 0 Å². The van der Waals surface area contributed by atoms with Gasteiger partial charge in [-0.15, -0.1) is 10.2 Å². The monoisotopic (exact) mass is 405 g/mol. The molecule has 0 radical (unpaired) electrons. The van der Waals surface area contributed by atoms with Crippen LogP contribution in [0.4, 0.5) is 5.69 Å². The Labute approximate surface area is 174 Å². The molecular formula is C23H23N3O4. The average Bonchev–Trinajstić information content (AvgIpc) is 3.25. The second-order valence-corrected chi connectivity index (χ2v) is 8.34. The van der Waals surface area contributed by atoms with Crippen molar-refractivity contribution in [2.45, 2.75) is 46.3 Å². The summed E-state index contributed by atoms with van der Waals surface area (Å²) in [6.45, 7) is 8.47. The standard InChI is InChI=1S/C23H23N3O4/c1-14-6-5-7-17-20(14)26(22(28)21(17)27)12-18-24-25-19(30-18)13-29-16-10-8-15(9-11-16)23(2,3)4/h5-11H,12-13H2,1-4H3. The van der Waals surface area contributed by atoms with Gasteiger partial charge in [0.25, 0.3) is 17.6 Å². The van der Waals surface area contributed by atoms with Gasteiger partial charge >= 0.3 is 0 Å². The molecule has 0 saturated heterocycles. The zero-order valence-corrected chi connectivity index (χ0v) is 17.4. The molecule has 0 saturated carbocycles. The summed E-state index contributed by atoms with van der Waals surface area (Å²) in [5.41, 5.74) is 3.14. The molecule has 30 heavy (non-hydrogen) atoms. The van der Waals surface area contributed by atoms with Crippen LogP contribution in [0.15, 0.2) is 46.9 Å². The van der Waals surface area contributed by atoms with Crippen molar-refractivity contribution in [3.8, 4) is 5.75 Å². The Balaban J connectivity index is 1.43. The largest absolute Gasteiger partial charge is 0.484 e. The molecule has 2 heterocycles. The van der Waals surface area contributed by atoms with Crippen LogP contribution in [-0.2, 0) is 23.4 Å². The molecule has 0 atom stereocenters. The molecule has 0 N–H and O–H groups in total. The van der Waals surface area contributed by atoms with E-state index in [1.165, 1.54) is 10.5 Å². The molecule has 154 valence electrons. The molecule has 4 rings (SSSR count). The predicted molar refractivity (Wildman–Crippen MR) is 110 cm³/mol. The van der Waals surface area contributed by atoms with Crippen LogP contribution >= 0.6 is 0 Å². The summed E-state index contributed by atoms with van der Waals surface area (Å²) >= 11 is 0. The zero-order valence-electron chi connectivity index (χ0n) is 17.4. The van der Waals surface area contributed by atoms with Gasteiger partial charge in [0.05, 0.1) is 11.3 Å². The van der Waals surface area contributed by atoms with Crippen LogP contribution in [0.3, 0.4) is 0 Å². The Morgan fingerprint density at radius 1 is 1.00 bits per heavy atom. The number of rotatable bonds is 5. The number of nitrogens with zero attached hydrogens (tertiary/aromatic N) is 3. The predicted octanol–water partition coefficient (Wildman–Crippen LogP) is 3.98. The van der Waals surface area contributed by atoms with Crippen molar-refractivity contribution in [3.63, 3.8) is 0 Å². The number of Topliss-reactive ketones (excluding diaryl/α,β-unsaturated/α-hetero) is 1. The number of amides is 1. The van der Waals surface area contributed by atoms with E-state index in [1.807, 2.05) is 37.3 Å². The first kappa shape index (κ1) is 19.8. The molecule has 1 aliphatic heterocycles. The summed E-state index contributed by atoms with van der Waals surface area (Å²) in [5.74, 6) is 0.138. The molecule has 2 aromatic carbocycles. The summed E-state index contributed by atoms with van der Waals surface area (Å²) in [4.78, 5) is 26.0. The molecule has 7 heteroatoms. The summed E-state index contributed by atoms with van der Waals surface area (Å²) in [6, 6.07) is 13.2. The van der Waals surface area contributed by atoms with E-state index in [2.05, 4.69) is 31.0 Å². The molecule has 0 fully saturated rings. The van der Waals surface area contributed by atoms with Crippen molar-refractivity contribution < 1.29 is 18.7 Å². The maximum Gasteiger partial charge on any atom is 0.299 e. The Hall–Kier alpha value is -3.48. The number of ether oxygens (including phenoxy) is 1. The number of carbonyl (C=O) groups excluding carboxylic acids is 2. The van der Waals surface area contributed by atoms with Crippen molar-refractivity contribution in [2.75, 3.05) is 4.90 Å². The van der Waals surface area contributed by atoms with Crippen LogP contribution in [0.5, 0.6) is 5.75 Å². The lowest BCUT2D eigenvalue weighted by Crippen LogP contribution is -2.29. The Bertz CT molecular complexity index is 1110. The van der Waals surface area contributed by atoms with Gasteiger partial charge in [0.15, 0.2) is 6.61 Å². The van der Waals surface area contributed by atoms with Crippen molar-refractivity contribution in [2.24, 2.45) is 0 Å². The fourth-order valence-corrected chi connectivity index (χ4v) is 3.43. The number of hydrogen-bond acceptors (Lipinski definition) is 6. The number of carbonyl (C=O) groups is 2. The van der Waals surface area contributed by atoms with Gasteiger partial charge in [-0.05, 0) is 41.7 Å². The number of aryl methyl sites for hydroxylation is 1. The number of aromatic nitrogens is 2. The maximum absolute atomic E-state index is 12.4. The van der Waals surface area contributed by atoms with Crippen LogP contribution in [-0.4, -0.2) is 21.9 Å². The van der Waals surface area contributed by atoms with Crippen molar-refractivity contribution in [3.05, 3.63) is 70.9 Å². The second kappa shape index (κ2) is 7.40. The van der Waals surface area contributed by atoms with E-state index in [4.69, 9.17) is 9.15 Å². The highest BCUT2D eigenvalue weighted by molar-refractivity contribution is 6.52. The van der Waals surface area contributed by atoms with Crippen molar-refractivity contribution in [1.29, 1.82) is 0 Å². The molecule has 0 unspecified atom stereocenters. The summed E-state index contributed by atoms with van der Waals surface area (Å²) in [7, 11) is 0. The number of fused-ring (bicyclic) bond motifs is 1. The van der Waals surface area contributed by atoms with Crippen LogP contribution in [0.1, 0.15) is 54.0 Å². The third-order valence-electron chi connectivity index (χ3n) is 5.08. The third kappa shape index (κ3) is 3.70. The minimum Gasteiger partial charge on any atom is -0.484 e. The summed E-state index contributed by atoms with van der Waals surface area (Å²) in [5, 5.41) is 7.99. The van der Waals surface area contributed by atoms with Gasteiger partial charge in [-0.3, -0.25) is 14.5 Å². The minimum absolute atomic E-state index is 0.0374. The lowest BCUT2D eigenvalue weighted by Gasteiger charge is -2.19. The van der Waals surface area contributed by atoms with Crippen LogP contribution in [0.25, 0.3) is 0 Å². The van der Waals surface area contributed by atoms with E-state index < -0.39 is 11.7 Å². The van der Waals surface area contributed by atoms with E-state index in [1.54, 1.807) is 12.1 Å². The van der Waals surface area contributed by atoms with Gasteiger partial charge in [-0.2, -0.15) is 0 Å². The maximum atomic E-state index is 12.4. The van der Waals surface area contributed by atoms with Crippen LogP contribution in [0.2, 0.25) is 0 Å². The first-order chi connectivity index (χ1) is 14.2. The van der Waals surface area contributed by atoms with Gasteiger partial charge < -0.3 is 9.15 Å². The van der Waals surface area contributed by atoms with Crippen LogP contribution < -0.4 is 9.64 Å². The van der Waals surface area contributed by atoms with E-state index >= 15 is 0 Å². The van der Waals surface area contributed by atoms with Gasteiger partial charge in [0, 0.05) is 0 Å². The Kier molecular flexibility index (Phi) is 4.89. The van der Waals surface area contributed by atoms with E-state index in [-0.39, 0.29) is 24.5 Å². The molecule has 1 aromatic heterocycles. The number of benzene rings is 2. The Morgan fingerprint density at radius 3 is 2.40 bits per heavy atom. The smallest absolute Gasteiger partial charge is 0.299 e. The highest BCUT2D eigenvalue weighted by atomic mass is 16.5. The summed E-state index contributed by atoms with van der Waals surface area (Å²) in [6.07, 6.45) is 0. The summed E-state index contributed by atoms with van der Waals surface area (Å²) < 4.78 is 11.4. The third-order valence-corrected chi connectivity index (χ3v) is 5.08. The quantitative estimate of drug-likeness (QED) is 0.597. The second-order valence-electron chi connectivity index (χ2n) is 8.34. The van der Waals surface area contributed by atoms with Gasteiger partial charge in [0.2, 0.25) is 5.89 Å². The SMILES string of the molecule is Cc1cccc2c1N(Cc1nnc(COc3ccc(C(C)(C)C)cc3)o1)C(=O)C2=O. The molecule has 3 aromatic rings. The first-order valence-corrected chi connectivity index (χ1v) is 9.74. The average molecular weight is 405 g/mol. The molecule has 1 amide bonds. The van der Waals surface area contributed by atoms with Gasteiger partial charge in [-0.1, -0.05) is 45.0 Å².